The molecule has 2 aliphatic rings. The van der Waals surface area contributed by atoms with E-state index in [1.807, 2.05) is 24.3 Å². The Balaban J connectivity index is 1.62. The first-order valence-electron chi connectivity index (χ1n) is 8.65. The highest BCUT2D eigenvalue weighted by atomic mass is 16.5. The first-order chi connectivity index (χ1) is 12.5. The molecule has 0 bridgehead atoms. The number of hydrogen-bond donors (Lipinski definition) is 3. The van der Waals surface area contributed by atoms with E-state index >= 15 is 0 Å². The molecule has 0 aliphatic carbocycles. The van der Waals surface area contributed by atoms with E-state index in [4.69, 9.17) is 15.2 Å². The lowest BCUT2D eigenvalue weighted by Gasteiger charge is -2.23. The zero-order valence-corrected chi connectivity index (χ0v) is 14.6. The Morgan fingerprint density at radius 3 is 2.85 bits per heavy atom. The molecule has 1 aromatic carbocycles. The third kappa shape index (κ3) is 3.80. The van der Waals surface area contributed by atoms with Crippen LogP contribution in [-0.2, 0) is 25.5 Å². The summed E-state index contributed by atoms with van der Waals surface area (Å²) in [6.07, 6.45) is 0.830. The predicted octanol–water partition coefficient (Wildman–Crippen LogP) is -0.499. The molecule has 4 unspecified atom stereocenters. The minimum absolute atomic E-state index is 0.118. The second-order valence-corrected chi connectivity index (χ2v) is 6.59. The second-order valence-electron chi connectivity index (χ2n) is 6.59. The summed E-state index contributed by atoms with van der Waals surface area (Å²) in [4.78, 5) is 36.3. The van der Waals surface area contributed by atoms with Crippen LogP contribution in [0.15, 0.2) is 24.3 Å². The van der Waals surface area contributed by atoms with E-state index < -0.39 is 30.1 Å². The first kappa shape index (κ1) is 18.2. The number of methoxy groups -OCH3 is 1. The summed E-state index contributed by atoms with van der Waals surface area (Å²) in [6.45, 7) is 0.568. The zero-order valence-electron chi connectivity index (χ0n) is 14.6. The maximum absolute atomic E-state index is 12.5. The van der Waals surface area contributed by atoms with Crippen molar-refractivity contribution >= 4 is 17.8 Å². The minimum atomic E-state index is -0.938. The molecule has 4 N–H and O–H groups in total. The van der Waals surface area contributed by atoms with E-state index in [1.54, 1.807) is 0 Å². The van der Waals surface area contributed by atoms with E-state index in [0.717, 1.165) is 5.56 Å². The number of ether oxygens (including phenoxy) is 2. The molecule has 0 saturated carbocycles. The first-order valence-corrected chi connectivity index (χ1v) is 8.65. The fourth-order valence-corrected chi connectivity index (χ4v) is 3.36. The van der Waals surface area contributed by atoms with Gasteiger partial charge in [-0.2, -0.15) is 0 Å². The van der Waals surface area contributed by atoms with Crippen LogP contribution in [0.5, 0.6) is 5.75 Å². The van der Waals surface area contributed by atoms with E-state index in [-0.39, 0.29) is 18.2 Å². The average Bonchev–Trinajstić information content (AvgIpc) is 3.25. The number of fused-ring (bicyclic) bond motifs is 1. The van der Waals surface area contributed by atoms with Gasteiger partial charge in [-0.05, 0) is 24.5 Å². The van der Waals surface area contributed by atoms with Gasteiger partial charge in [0.1, 0.15) is 23.9 Å². The molecule has 140 valence electrons. The summed E-state index contributed by atoms with van der Waals surface area (Å²) in [5, 5.41) is 5.33. The quantitative estimate of drug-likeness (QED) is 0.588. The predicted molar refractivity (Wildman–Crippen MR) is 92.2 cm³/mol. The molecule has 1 saturated heterocycles. The van der Waals surface area contributed by atoms with Crippen LogP contribution in [0.1, 0.15) is 18.4 Å². The Bertz CT molecular complexity index is 683. The fourth-order valence-electron chi connectivity index (χ4n) is 3.36. The van der Waals surface area contributed by atoms with Gasteiger partial charge in [-0.1, -0.05) is 18.2 Å². The molecule has 3 rings (SSSR count). The average molecular weight is 361 g/mol. The molecule has 2 amide bonds. The maximum atomic E-state index is 12.5. The summed E-state index contributed by atoms with van der Waals surface area (Å²) in [6, 6.07) is 5.65. The fraction of sp³-hybridized carbons (Fsp3) is 0.500. The lowest BCUT2D eigenvalue weighted by Crippen LogP contribution is -2.54. The number of nitrogens with two attached hydrogens (primary N) is 1. The van der Waals surface area contributed by atoms with Crippen LogP contribution in [0, 0.1) is 5.92 Å². The van der Waals surface area contributed by atoms with Crippen LogP contribution in [0.4, 0.5) is 0 Å². The van der Waals surface area contributed by atoms with Crippen LogP contribution < -0.4 is 21.1 Å². The third-order valence-electron chi connectivity index (χ3n) is 4.86. The van der Waals surface area contributed by atoms with Crippen molar-refractivity contribution in [2.24, 2.45) is 11.7 Å². The summed E-state index contributed by atoms with van der Waals surface area (Å²) >= 11 is 0. The van der Waals surface area contributed by atoms with Crippen molar-refractivity contribution in [3.8, 4) is 5.75 Å². The van der Waals surface area contributed by atoms with Crippen LogP contribution >= 0.6 is 0 Å². The highest BCUT2D eigenvalue weighted by Gasteiger charge is 2.36. The Morgan fingerprint density at radius 1 is 1.42 bits per heavy atom. The molecule has 4 atom stereocenters. The lowest BCUT2D eigenvalue weighted by atomic mass is 9.97. The van der Waals surface area contributed by atoms with E-state index in [0.29, 0.717) is 25.1 Å². The molecule has 1 fully saturated rings. The molecule has 1 aromatic rings. The van der Waals surface area contributed by atoms with Gasteiger partial charge < -0.3 is 25.8 Å². The van der Waals surface area contributed by atoms with Crippen LogP contribution in [-0.4, -0.2) is 49.6 Å². The van der Waals surface area contributed by atoms with Crippen molar-refractivity contribution in [3.63, 3.8) is 0 Å². The Morgan fingerprint density at radius 2 is 2.19 bits per heavy atom. The van der Waals surface area contributed by atoms with Crippen molar-refractivity contribution in [1.29, 1.82) is 0 Å². The summed E-state index contributed by atoms with van der Waals surface area (Å²) in [7, 11) is 1.24. The van der Waals surface area contributed by atoms with Crippen molar-refractivity contribution in [2.45, 2.75) is 37.5 Å². The number of carbonyl (C=O) groups excluding carboxylic acids is 3. The van der Waals surface area contributed by atoms with Crippen molar-refractivity contribution in [1.82, 2.24) is 10.6 Å². The lowest BCUT2D eigenvalue weighted by molar-refractivity contribution is -0.146. The third-order valence-corrected chi connectivity index (χ3v) is 4.86. The number of benzene rings is 1. The Labute approximate surface area is 151 Å². The summed E-state index contributed by atoms with van der Waals surface area (Å²) < 4.78 is 10.5. The van der Waals surface area contributed by atoms with Gasteiger partial charge >= 0.3 is 5.97 Å². The van der Waals surface area contributed by atoms with Gasteiger partial charge in [0.05, 0.1) is 7.11 Å². The molecule has 0 radical (unpaired) electrons. The van der Waals surface area contributed by atoms with E-state index in [9.17, 15) is 14.4 Å². The Hall–Kier alpha value is -2.61. The van der Waals surface area contributed by atoms with Gasteiger partial charge in [0.15, 0.2) is 0 Å². The molecule has 8 nitrogen and oxygen atoms in total. The van der Waals surface area contributed by atoms with Gasteiger partial charge in [-0.3, -0.25) is 9.59 Å². The Kier molecular flexibility index (Phi) is 5.41. The topological polar surface area (TPSA) is 120 Å². The van der Waals surface area contributed by atoms with Crippen LogP contribution in [0.3, 0.4) is 0 Å². The van der Waals surface area contributed by atoms with E-state index in [2.05, 4.69) is 10.6 Å². The summed E-state index contributed by atoms with van der Waals surface area (Å²) in [5.74, 6) is -0.833. The van der Waals surface area contributed by atoms with Crippen molar-refractivity contribution in [2.75, 3.05) is 13.7 Å². The largest absolute Gasteiger partial charge is 0.488 e. The molecular formula is C18H23N3O5. The SMILES string of the molecule is COC(=O)C(CC1CCNC1=O)NC(=O)C(N)C1Cc2ccccc2O1. The number of amides is 2. The number of nitrogens with one attached hydrogen (secondary N) is 2. The highest BCUT2D eigenvalue weighted by molar-refractivity contribution is 5.89. The number of para-hydroxylation sites is 1. The molecule has 26 heavy (non-hydrogen) atoms. The molecular weight excluding hydrogens is 338 g/mol. The van der Waals surface area contributed by atoms with Gasteiger partial charge in [-0.25, -0.2) is 4.79 Å². The van der Waals surface area contributed by atoms with Gasteiger partial charge in [-0.15, -0.1) is 0 Å². The smallest absolute Gasteiger partial charge is 0.328 e. The van der Waals surface area contributed by atoms with Gasteiger partial charge in [0.2, 0.25) is 11.8 Å². The summed E-state index contributed by atoms with van der Waals surface area (Å²) in [5.41, 5.74) is 7.05. The van der Waals surface area contributed by atoms with Crippen molar-refractivity contribution in [3.05, 3.63) is 29.8 Å². The normalized spacial score (nSPS) is 23.4. The highest BCUT2D eigenvalue weighted by Crippen LogP contribution is 2.29. The zero-order chi connectivity index (χ0) is 18.7. The van der Waals surface area contributed by atoms with Crippen LogP contribution in [0.2, 0.25) is 0 Å². The molecule has 0 aromatic heterocycles. The van der Waals surface area contributed by atoms with Gasteiger partial charge in [0.25, 0.3) is 0 Å². The molecule has 0 spiro atoms. The number of esters is 1. The van der Waals surface area contributed by atoms with Crippen LogP contribution in [0.25, 0.3) is 0 Å². The number of carbonyl (C=O) groups is 3. The molecule has 8 heteroatoms. The molecule has 2 aliphatic heterocycles. The van der Waals surface area contributed by atoms with E-state index in [1.165, 1.54) is 7.11 Å². The standard InChI is InChI=1S/C18H23N3O5/c1-25-18(24)12(8-11-6-7-20-16(11)22)21-17(23)15(19)14-9-10-4-2-3-5-13(10)26-14/h2-5,11-12,14-15H,6-9,19H2,1H3,(H,20,22)(H,21,23). The van der Waals surface area contributed by atoms with Gasteiger partial charge in [0, 0.05) is 18.9 Å². The number of rotatable bonds is 6. The minimum Gasteiger partial charge on any atom is -0.488 e. The van der Waals surface area contributed by atoms with Crippen molar-refractivity contribution < 1.29 is 23.9 Å². The number of hydrogen-bond acceptors (Lipinski definition) is 6. The molecule has 2 heterocycles. The monoisotopic (exact) mass is 361 g/mol. The maximum Gasteiger partial charge on any atom is 0.328 e. The second kappa shape index (κ2) is 7.74.